The lowest BCUT2D eigenvalue weighted by molar-refractivity contribution is 0.235. The second-order valence-electron chi connectivity index (χ2n) is 5.72. The van der Waals surface area contributed by atoms with Crippen molar-refractivity contribution in [2.45, 2.75) is 96.9 Å². The molecule has 0 heterocycles. The molecule has 120 valence electrons. The average molecular weight is 285 g/mol. The maximum absolute atomic E-state index is 11.3. The maximum atomic E-state index is 11.3. The van der Waals surface area contributed by atoms with Crippen LogP contribution in [0.5, 0.6) is 0 Å². The standard InChI is InChI=1S/C16H35N3O/c1-3-5-7-9-11-13-15(18-16(20)19-17)14-12-10-8-6-4-2/h15H,3-14,17H2,1-2H3,(H2,18,19,20). The van der Waals surface area contributed by atoms with Gasteiger partial charge in [0.1, 0.15) is 0 Å². The molecule has 0 spiro atoms. The molecule has 20 heavy (non-hydrogen) atoms. The number of nitrogens with two attached hydrogens (primary N) is 1. The first-order chi connectivity index (χ1) is 9.74. The van der Waals surface area contributed by atoms with Gasteiger partial charge in [0, 0.05) is 6.04 Å². The van der Waals surface area contributed by atoms with E-state index in [1.54, 1.807) is 0 Å². The Kier molecular flexibility index (Phi) is 14.1. The number of hydrazine groups is 1. The van der Waals surface area contributed by atoms with Crippen molar-refractivity contribution in [3.8, 4) is 0 Å². The molecular formula is C16H35N3O. The highest BCUT2D eigenvalue weighted by molar-refractivity contribution is 5.73. The van der Waals surface area contributed by atoms with E-state index in [-0.39, 0.29) is 12.1 Å². The number of hydrogen-bond acceptors (Lipinski definition) is 2. The molecule has 0 atom stereocenters. The average Bonchev–Trinajstić information content (AvgIpc) is 2.46. The second-order valence-corrected chi connectivity index (χ2v) is 5.72. The molecule has 0 aromatic rings. The molecule has 0 bridgehead atoms. The summed E-state index contributed by atoms with van der Waals surface area (Å²) in [4.78, 5) is 11.3. The molecule has 4 nitrogen and oxygen atoms in total. The second kappa shape index (κ2) is 14.6. The van der Waals surface area contributed by atoms with Crippen LogP contribution in [-0.4, -0.2) is 12.1 Å². The Labute approximate surface area is 125 Å². The van der Waals surface area contributed by atoms with Crippen molar-refractivity contribution >= 4 is 6.03 Å². The predicted octanol–water partition coefficient (Wildman–Crippen LogP) is 4.25. The van der Waals surface area contributed by atoms with Crippen LogP contribution in [0.2, 0.25) is 0 Å². The van der Waals surface area contributed by atoms with Gasteiger partial charge in [-0.15, -0.1) is 0 Å². The number of unbranched alkanes of at least 4 members (excludes halogenated alkanes) is 8. The van der Waals surface area contributed by atoms with Gasteiger partial charge < -0.3 is 5.32 Å². The van der Waals surface area contributed by atoms with Crippen LogP contribution < -0.4 is 16.6 Å². The molecular weight excluding hydrogens is 250 g/mol. The summed E-state index contributed by atoms with van der Waals surface area (Å²) in [6.45, 7) is 4.46. The summed E-state index contributed by atoms with van der Waals surface area (Å²) in [5.41, 5.74) is 2.17. The van der Waals surface area contributed by atoms with Gasteiger partial charge in [-0.3, -0.25) is 5.43 Å². The first-order valence-corrected chi connectivity index (χ1v) is 8.51. The van der Waals surface area contributed by atoms with Gasteiger partial charge in [0.25, 0.3) is 0 Å². The zero-order chi connectivity index (χ0) is 15.1. The Balaban J connectivity index is 3.79. The first-order valence-electron chi connectivity index (χ1n) is 8.51. The van der Waals surface area contributed by atoms with Crippen LogP contribution in [0.4, 0.5) is 4.79 Å². The summed E-state index contributed by atoms with van der Waals surface area (Å²) in [5, 5.41) is 2.97. The molecule has 2 amide bonds. The van der Waals surface area contributed by atoms with E-state index in [1.807, 2.05) is 0 Å². The van der Waals surface area contributed by atoms with Gasteiger partial charge in [-0.05, 0) is 12.8 Å². The molecule has 0 fully saturated rings. The number of nitrogens with one attached hydrogen (secondary N) is 2. The molecule has 0 unspecified atom stereocenters. The fraction of sp³-hybridized carbons (Fsp3) is 0.938. The zero-order valence-electron chi connectivity index (χ0n) is 13.5. The largest absolute Gasteiger partial charge is 0.334 e. The number of carbonyl (C=O) groups excluding carboxylic acids is 1. The van der Waals surface area contributed by atoms with E-state index >= 15 is 0 Å². The van der Waals surface area contributed by atoms with E-state index in [0.29, 0.717) is 0 Å². The third-order valence-corrected chi connectivity index (χ3v) is 3.78. The monoisotopic (exact) mass is 285 g/mol. The van der Waals surface area contributed by atoms with Gasteiger partial charge in [0.15, 0.2) is 0 Å². The first kappa shape index (κ1) is 19.2. The molecule has 0 saturated carbocycles. The van der Waals surface area contributed by atoms with Gasteiger partial charge in [-0.2, -0.15) is 0 Å². The summed E-state index contributed by atoms with van der Waals surface area (Å²) in [7, 11) is 0. The number of urea groups is 1. The number of amides is 2. The van der Waals surface area contributed by atoms with Gasteiger partial charge in [-0.1, -0.05) is 78.1 Å². The van der Waals surface area contributed by atoms with Crippen molar-refractivity contribution in [3.63, 3.8) is 0 Å². The van der Waals surface area contributed by atoms with Crippen LogP contribution >= 0.6 is 0 Å². The maximum Gasteiger partial charge on any atom is 0.329 e. The lowest BCUT2D eigenvalue weighted by atomic mass is 10.0. The molecule has 0 rings (SSSR count). The summed E-state index contributed by atoms with van der Waals surface area (Å²) < 4.78 is 0. The molecule has 0 aliphatic carbocycles. The van der Waals surface area contributed by atoms with Crippen LogP contribution in [0.3, 0.4) is 0 Å². The smallest absolute Gasteiger partial charge is 0.329 e. The minimum atomic E-state index is -0.253. The normalized spacial score (nSPS) is 10.8. The van der Waals surface area contributed by atoms with Crippen molar-refractivity contribution in [1.82, 2.24) is 10.7 Å². The van der Waals surface area contributed by atoms with E-state index in [0.717, 1.165) is 12.8 Å². The summed E-state index contributed by atoms with van der Waals surface area (Å²) >= 11 is 0. The van der Waals surface area contributed by atoms with Crippen molar-refractivity contribution < 1.29 is 4.79 Å². The Bertz CT molecular complexity index is 208. The van der Waals surface area contributed by atoms with Gasteiger partial charge in [0.05, 0.1) is 0 Å². The molecule has 4 heteroatoms. The quantitative estimate of drug-likeness (QED) is 0.205. The van der Waals surface area contributed by atoms with Gasteiger partial charge >= 0.3 is 6.03 Å². The van der Waals surface area contributed by atoms with Crippen LogP contribution in [0.25, 0.3) is 0 Å². The highest BCUT2D eigenvalue weighted by Gasteiger charge is 2.10. The minimum Gasteiger partial charge on any atom is -0.334 e. The van der Waals surface area contributed by atoms with E-state index in [4.69, 9.17) is 5.84 Å². The third kappa shape index (κ3) is 12.3. The predicted molar refractivity (Wildman–Crippen MR) is 86.4 cm³/mol. The van der Waals surface area contributed by atoms with Crippen molar-refractivity contribution in [3.05, 3.63) is 0 Å². The summed E-state index contributed by atoms with van der Waals surface area (Å²) in [6.07, 6.45) is 14.9. The molecule has 0 saturated heterocycles. The molecule has 0 aliphatic heterocycles. The van der Waals surface area contributed by atoms with E-state index in [1.165, 1.54) is 64.2 Å². The highest BCUT2D eigenvalue weighted by atomic mass is 16.2. The van der Waals surface area contributed by atoms with Crippen LogP contribution in [0, 0.1) is 0 Å². The number of hydrogen-bond donors (Lipinski definition) is 3. The fourth-order valence-electron chi connectivity index (χ4n) is 2.50. The van der Waals surface area contributed by atoms with Crippen molar-refractivity contribution in [2.75, 3.05) is 0 Å². The van der Waals surface area contributed by atoms with Crippen LogP contribution in [0.1, 0.15) is 90.9 Å². The molecule has 4 N–H and O–H groups in total. The molecule has 0 aromatic carbocycles. The molecule has 0 aliphatic rings. The van der Waals surface area contributed by atoms with Crippen molar-refractivity contribution in [2.24, 2.45) is 5.84 Å². The fourth-order valence-corrected chi connectivity index (χ4v) is 2.50. The van der Waals surface area contributed by atoms with E-state index < -0.39 is 0 Å². The van der Waals surface area contributed by atoms with Gasteiger partial charge in [-0.25, -0.2) is 10.6 Å². The Morgan fingerprint density at radius 2 is 1.30 bits per heavy atom. The Hall–Kier alpha value is -0.770. The lowest BCUT2D eigenvalue weighted by Gasteiger charge is -2.18. The van der Waals surface area contributed by atoms with E-state index in [9.17, 15) is 4.79 Å². The summed E-state index contributed by atoms with van der Waals surface area (Å²) in [6, 6.07) is 0.0268. The highest BCUT2D eigenvalue weighted by Crippen LogP contribution is 2.13. The van der Waals surface area contributed by atoms with E-state index in [2.05, 4.69) is 24.6 Å². The van der Waals surface area contributed by atoms with Gasteiger partial charge in [0.2, 0.25) is 0 Å². The lowest BCUT2D eigenvalue weighted by Crippen LogP contribution is -2.45. The van der Waals surface area contributed by atoms with Crippen LogP contribution in [-0.2, 0) is 0 Å². The van der Waals surface area contributed by atoms with Crippen molar-refractivity contribution in [1.29, 1.82) is 0 Å². The Morgan fingerprint density at radius 1 is 0.850 bits per heavy atom. The third-order valence-electron chi connectivity index (χ3n) is 3.78. The number of rotatable bonds is 13. The molecule has 0 radical (unpaired) electrons. The minimum absolute atomic E-state index is 0.253. The Morgan fingerprint density at radius 3 is 1.70 bits per heavy atom. The number of carbonyl (C=O) groups is 1. The van der Waals surface area contributed by atoms with Crippen LogP contribution in [0.15, 0.2) is 0 Å². The summed E-state index contributed by atoms with van der Waals surface area (Å²) in [5.74, 6) is 5.15. The zero-order valence-corrected chi connectivity index (χ0v) is 13.5. The molecule has 0 aromatic heterocycles. The topological polar surface area (TPSA) is 67.2 Å². The SMILES string of the molecule is CCCCCCCC(CCCCCCC)NC(=O)NN.